The van der Waals surface area contributed by atoms with Gasteiger partial charge in [-0.05, 0) is 32.0 Å². The number of hydrogen-bond donors (Lipinski definition) is 3. The van der Waals surface area contributed by atoms with Crippen molar-refractivity contribution in [1.29, 1.82) is 0 Å². The molecule has 3 N–H and O–H groups in total. The molecule has 2 aromatic rings. The quantitative estimate of drug-likeness (QED) is 0.596. The second kappa shape index (κ2) is 7.81. The molecule has 2 aliphatic heterocycles. The number of benzene rings is 1. The third-order valence-electron chi connectivity index (χ3n) is 5.74. The van der Waals surface area contributed by atoms with E-state index in [1.165, 1.54) is 10.5 Å². The molecule has 0 aliphatic carbocycles. The maximum atomic E-state index is 12.5. The van der Waals surface area contributed by atoms with Crippen molar-refractivity contribution in [2.24, 2.45) is 7.05 Å². The Hall–Kier alpha value is -2.58. The maximum absolute atomic E-state index is 12.5. The molecule has 0 saturated carbocycles. The molecule has 0 bridgehead atoms. The summed E-state index contributed by atoms with van der Waals surface area (Å²) in [6, 6.07) is 6.19. The molecule has 1 amide bonds. The average molecular weight is 387 g/mol. The van der Waals surface area contributed by atoms with Crippen molar-refractivity contribution < 1.29 is 24.1 Å². The Morgan fingerprint density at radius 2 is 1.86 bits per heavy atom. The molecule has 1 fully saturated rings. The molecule has 150 valence electrons. The van der Waals surface area contributed by atoms with Gasteiger partial charge in [-0.2, -0.15) is 5.10 Å². The van der Waals surface area contributed by atoms with E-state index in [0.29, 0.717) is 13.3 Å². The van der Waals surface area contributed by atoms with E-state index >= 15 is 0 Å². The molecule has 0 spiro atoms. The Morgan fingerprint density at radius 3 is 2.57 bits per heavy atom. The van der Waals surface area contributed by atoms with Crippen molar-refractivity contribution in [1.82, 2.24) is 9.78 Å². The van der Waals surface area contributed by atoms with Gasteiger partial charge in [0.2, 0.25) is 6.79 Å². The summed E-state index contributed by atoms with van der Waals surface area (Å²) in [6.45, 7) is 9.80. The Bertz CT molecular complexity index is 871. The van der Waals surface area contributed by atoms with E-state index in [0.717, 1.165) is 61.3 Å². The van der Waals surface area contributed by atoms with Crippen molar-refractivity contribution in [3.63, 3.8) is 0 Å². The van der Waals surface area contributed by atoms with E-state index in [1.807, 2.05) is 27.0 Å². The molecule has 0 radical (unpaired) electrons. The summed E-state index contributed by atoms with van der Waals surface area (Å²) >= 11 is 0. The molecule has 2 aliphatic rings. The van der Waals surface area contributed by atoms with Crippen molar-refractivity contribution >= 4 is 11.6 Å². The summed E-state index contributed by atoms with van der Waals surface area (Å²) in [7, 11) is 1.89. The van der Waals surface area contributed by atoms with Crippen molar-refractivity contribution in [2.45, 2.75) is 20.4 Å². The van der Waals surface area contributed by atoms with Crippen LogP contribution < -0.4 is 24.6 Å². The van der Waals surface area contributed by atoms with Gasteiger partial charge in [0.1, 0.15) is 32.7 Å². The van der Waals surface area contributed by atoms with Crippen LogP contribution in [0.5, 0.6) is 11.5 Å². The van der Waals surface area contributed by atoms with Crippen LogP contribution >= 0.6 is 0 Å². The average Bonchev–Trinajstić information content (AvgIpc) is 3.23. The highest BCUT2D eigenvalue weighted by atomic mass is 16.7. The standard InChI is InChI=1S/C20H27N5O3/c1-14-20(15(2)23(3)22-14)21-19(26)12-25-8-6-24(7-9-25)11-16-4-5-17-18(10-16)28-13-27-17/h4-5,10H,6-9,11-13H2,1-3H3,(H,21,26)/p+2. The van der Waals surface area contributed by atoms with Gasteiger partial charge < -0.3 is 24.6 Å². The minimum absolute atomic E-state index is 0.0634. The number of anilines is 1. The number of ether oxygens (including phenoxy) is 2. The molecule has 1 aromatic heterocycles. The van der Waals surface area contributed by atoms with Gasteiger partial charge in [0.15, 0.2) is 18.0 Å². The Labute approximate surface area is 165 Å². The second-order valence-corrected chi connectivity index (χ2v) is 7.76. The number of fused-ring (bicyclic) bond motifs is 1. The number of nitrogens with zero attached hydrogens (tertiary/aromatic N) is 2. The first-order chi connectivity index (χ1) is 13.5. The van der Waals surface area contributed by atoms with Crippen molar-refractivity contribution in [3.8, 4) is 11.5 Å². The van der Waals surface area contributed by atoms with E-state index in [4.69, 9.17) is 9.47 Å². The lowest BCUT2D eigenvalue weighted by atomic mass is 10.1. The fourth-order valence-electron chi connectivity index (χ4n) is 4.02. The van der Waals surface area contributed by atoms with Crippen LogP contribution in [0.2, 0.25) is 0 Å². The zero-order chi connectivity index (χ0) is 19.7. The topological polar surface area (TPSA) is 74.3 Å². The molecule has 1 saturated heterocycles. The third kappa shape index (κ3) is 3.98. The molecular formula is C20H29N5O3+2. The second-order valence-electron chi connectivity index (χ2n) is 7.76. The van der Waals surface area contributed by atoms with Gasteiger partial charge in [-0.25, -0.2) is 0 Å². The van der Waals surface area contributed by atoms with Crippen LogP contribution in [0, 0.1) is 13.8 Å². The van der Waals surface area contributed by atoms with Gasteiger partial charge in [-0.1, -0.05) is 0 Å². The van der Waals surface area contributed by atoms with Crippen LogP contribution in [0.4, 0.5) is 5.69 Å². The minimum Gasteiger partial charge on any atom is -0.454 e. The first-order valence-electron chi connectivity index (χ1n) is 9.85. The number of amides is 1. The van der Waals surface area contributed by atoms with Crippen LogP contribution in [0.3, 0.4) is 0 Å². The highest BCUT2D eigenvalue weighted by Gasteiger charge is 2.26. The van der Waals surface area contributed by atoms with Gasteiger partial charge in [0.05, 0.1) is 17.1 Å². The van der Waals surface area contributed by atoms with Gasteiger partial charge in [0, 0.05) is 12.6 Å². The number of carbonyl (C=O) groups excluding carboxylic acids is 1. The predicted molar refractivity (Wildman–Crippen MR) is 104 cm³/mol. The van der Waals surface area contributed by atoms with E-state index in [1.54, 1.807) is 9.58 Å². The van der Waals surface area contributed by atoms with Crippen LogP contribution in [-0.2, 0) is 18.4 Å². The van der Waals surface area contributed by atoms with E-state index in [9.17, 15) is 4.79 Å². The summed E-state index contributed by atoms with van der Waals surface area (Å²) in [5.74, 6) is 1.74. The first-order valence-corrected chi connectivity index (χ1v) is 9.85. The van der Waals surface area contributed by atoms with E-state index < -0.39 is 0 Å². The fraction of sp³-hybridized carbons (Fsp3) is 0.500. The number of carbonyl (C=O) groups is 1. The fourth-order valence-corrected chi connectivity index (χ4v) is 4.02. The molecule has 8 heteroatoms. The van der Waals surface area contributed by atoms with Crippen LogP contribution in [0.15, 0.2) is 18.2 Å². The maximum Gasteiger partial charge on any atom is 0.279 e. The lowest BCUT2D eigenvalue weighted by Gasteiger charge is -2.29. The molecule has 28 heavy (non-hydrogen) atoms. The molecule has 0 unspecified atom stereocenters. The third-order valence-corrected chi connectivity index (χ3v) is 5.74. The Kier molecular flexibility index (Phi) is 5.23. The lowest BCUT2D eigenvalue weighted by molar-refractivity contribution is -1.02. The smallest absolute Gasteiger partial charge is 0.279 e. The predicted octanol–water partition coefficient (Wildman–Crippen LogP) is -1.31. The molecule has 0 atom stereocenters. The lowest BCUT2D eigenvalue weighted by Crippen LogP contribution is -3.28. The van der Waals surface area contributed by atoms with Crippen LogP contribution in [0.25, 0.3) is 0 Å². The molecular weight excluding hydrogens is 358 g/mol. The van der Waals surface area contributed by atoms with Gasteiger partial charge in [-0.15, -0.1) is 0 Å². The van der Waals surface area contributed by atoms with Crippen LogP contribution in [-0.4, -0.2) is 55.2 Å². The summed E-state index contributed by atoms with van der Waals surface area (Å²) < 4.78 is 12.6. The molecule has 4 rings (SSSR count). The van der Waals surface area contributed by atoms with Gasteiger partial charge in [-0.3, -0.25) is 9.48 Å². The van der Waals surface area contributed by atoms with E-state index in [-0.39, 0.29) is 5.91 Å². The highest BCUT2D eigenvalue weighted by Crippen LogP contribution is 2.32. The largest absolute Gasteiger partial charge is 0.454 e. The number of nitrogens with one attached hydrogen (secondary N) is 3. The Balaban J connectivity index is 1.25. The van der Waals surface area contributed by atoms with Crippen LogP contribution in [0.1, 0.15) is 17.0 Å². The highest BCUT2D eigenvalue weighted by molar-refractivity contribution is 5.92. The SMILES string of the molecule is Cc1nn(C)c(C)c1NC(=O)C[NH+]1CC[NH+](Cc2ccc3c(c2)OCO3)CC1. The first kappa shape index (κ1) is 18.8. The summed E-state index contributed by atoms with van der Waals surface area (Å²) in [5.41, 5.74) is 3.96. The normalized spacial score (nSPS) is 21.0. The van der Waals surface area contributed by atoms with Crippen molar-refractivity contribution in [2.75, 3.05) is 44.8 Å². The number of aryl methyl sites for hydroxylation is 2. The number of hydrogen-bond acceptors (Lipinski definition) is 4. The summed E-state index contributed by atoms with van der Waals surface area (Å²) in [4.78, 5) is 15.4. The monoisotopic (exact) mass is 387 g/mol. The zero-order valence-electron chi connectivity index (χ0n) is 16.8. The minimum atomic E-state index is 0.0634. The number of piperazine rings is 1. The van der Waals surface area contributed by atoms with Gasteiger partial charge >= 0.3 is 0 Å². The number of rotatable bonds is 5. The van der Waals surface area contributed by atoms with Crippen molar-refractivity contribution in [3.05, 3.63) is 35.2 Å². The number of aromatic nitrogens is 2. The number of quaternary nitrogens is 2. The molecule has 1 aromatic carbocycles. The van der Waals surface area contributed by atoms with Gasteiger partial charge in [0.25, 0.3) is 5.91 Å². The summed E-state index contributed by atoms with van der Waals surface area (Å²) in [5, 5.41) is 7.40. The summed E-state index contributed by atoms with van der Waals surface area (Å²) in [6.07, 6.45) is 0. The van der Waals surface area contributed by atoms with E-state index in [2.05, 4.69) is 22.5 Å². The molecule has 8 nitrogen and oxygen atoms in total. The Morgan fingerprint density at radius 1 is 1.14 bits per heavy atom. The molecule has 3 heterocycles. The zero-order valence-corrected chi connectivity index (χ0v) is 16.8.